The molecule has 0 spiro atoms. The van der Waals surface area contributed by atoms with Crippen LogP contribution in [0.4, 0.5) is 0 Å². The number of unbranched alkanes of at least 4 members (excludes halogenated alkanes) is 2. The minimum atomic E-state index is -1.91. The third-order valence-electron chi connectivity index (χ3n) is 11.6. The summed E-state index contributed by atoms with van der Waals surface area (Å²) in [7, 11) is 0. The predicted octanol–water partition coefficient (Wildman–Crippen LogP) is -1.53. The highest BCUT2D eigenvalue weighted by atomic mass is 16.8. The molecule has 3 saturated heterocycles. The van der Waals surface area contributed by atoms with Crippen LogP contribution in [0.2, 0.25) is 0 Å². The summed E-state index contributed by atoms with van der Waals surface area (Å²) in [6.07, 6.45) is -15.9. The Morgan fingerprint density at radius 3 is 1.84 bits per heavy atom. The van der Waals surface area contributed by atoms with Crippen molar-refractivity contribution in [1.29, 1.82) is 0 Å². The molecular weight excluding hydrogens is 728 g/mol. The van der Waals surface area contributed by atoms with Crippen LogP contribution in [0.1, 0.15) is 69.9 Å². The maximum Gasteiger partial charge on any atom is 0.229 e. The van der Waals surface area contributed by atoms with E-state index in [1.54, 1.807) is 0 Å². The summed E-state index contributed by atoms with van der Waals surface area (Å²) in [6, 6.07) is 3.88. The lowest BCUT2D eigenvalue weighted by atomic mass is 9.69. The van der Waals surface area contributed by atoms with Gasteiger partial charge in [-0.25, -0.2) is 0 Å². The first-order chi connectivity index (χ1) is 26.2. The van der Waals surface area contributed by atoms with Crippen molar-refractivity contribution in [3.05, 3.63) is 35.4 Å². The van der Waals surface area contributed by atoms with Crippen molar-refractivity contribution in [1.82, 2.24) is 0 Å². The fourth-order valence-electron chi connectivity index (χ4n) is 8.39. The average molecular weight is 787 g/mol. The summed E-state index contributed by atoms with van der Waals surface area (Å²) in [5.74, 6) is 0.881. The molecule has 1 aromatic carbocycles. The van der Waals surface area contributed by atoms with Crippen LogP contribution in [0.3, 0.4) is 0 Å². The molecule has 4 aliphatic heterocycles. The van der Waals surface area contributed by atoms with Gasteiger partial charge >= 0.3 is 0 Å². The number of aryl methyl sites for hydroxylation is 1. The van der Waals surface area contributed by atoms with Crippen molar-refractivity contribution in [3.8, 4) is 11.5 Å². The Kier molecular flexibility index (Phi) is 13.8. The number of hydrogen-bond acceptors (Lipinski definition) is 17. The minimum Gasteiger partial charge on any atom is -0.487 e. The van der Waals surface area contributed by atoms with Crippen molar-refractivity contribution in [3.63, 3.8) is 0 Å². The standard InChI is InChI=1S/C38H58O17/c1-4-5-6-9-17-12-20(25-18-10-7-8-11-19(18)38(2,3)55-21(25)13-17)49-37-34(54-36-32(48)30(46)27(43)23(15-40)51-36)33(28(44)24(16-41)52-37)53-35-31(47)29(45)26(42)22(14-39)50-35/h7,10,12-13,18-19,22-24,26-37,39-48H,4-6,8-9,11,14-16H2,1-3H3/t18-,19-,22-,23-,24-,26-,27-,28-,29+,30+,31-,32-,33+,34-,35+,36+,37-/m1/s1. The Bertz CT molecular complexity index is 1440. The molecule has 0 bridgehead atoms. The quantitative estimate of drug-likeness (QED) is 0.0803. The molecule has 0 saturated carbocycles. The number of fused-ring (bicyclic) bond motifs is 3. The molecule has 17 atom stereocenters. The molecule has 1 aliphatic carbocycles. The van der Waals surface area contributed by atoms with Crippen molar-refractivity contribution in [2.45, 2.75) is 163 Å². The lowest BCUT2D eigenvalue weighted by Crippen LogP contribution is -2.67. The van der Waals surface area contributed by atoms with E-state index in [9.17, 15) is 51.1 Å². The summed E-state index contributed by atoms with van der Waals surface area (Å²) in [6.45, 7) is 3.91. The zero-order valence-electron chi connectivity index (χ0n) is 31.3. The third-order valence-corrected chi connectivity index (χ3v) is 11.6. The molecule has 0 amide bonds. The molecule has 17 heteroatoms. The van der Waals surface area contributed by atoms with Crippen LogP contribution in [-0.2, 0) is 30.1 Å². The molecule has 17 nitrogen and oxygen atoms in total. The first-order valence-corrected chi connectivity index (χ1v) is 19.3. The van der Waals surface area contributed by atoms with Gasteiger partial charge in [-0.3, -0.25) is 0 Å². The monoisotopic (exact) mass is 786 g/mol. The molecule has 3 fully saturated rings. The second-order valence-electron chi connectivity index (χ2n) is 15.7. The van der Waals surface area contributed by atoms with E-state index < -0.39 is 118 Å². The maximum atomic E-state index is 11.6. The highest BCUT2D eigenvalue weighted by molar-refractivity contribution is 5.54. The molecule has 0 radical (unpaired) electrons. The van der Waals surface area contributed by atoms with Crippen LogP contribution in [0.25, 0.3) is 0 Å². The van der Waals surface area contributed by atoms with Gasteiger partial charge in [0.15, 0.2) is 18.7 Å². The smallest absolute Gasteiger partial charge is 0.229 e. The molecule has 1 aromatic rings. The van der Waals surface area contributed by atoms with Crippen LogP contribution in [-0.4, -0.2) is 169 Å². The van der Waals surface area contributed by atoms with Crippen LogP contribution in [0.15, 0.2) is 24.3 Å². The van der Waals surface area contributed by atoms with E-state index >= 15 is 0 Å². The van der Waals surface area contributed by atoms with E-state index in [1.807, 2.05) is 12.1 Å². The molecule has 0 aromatic heterocycles. The SMILES string of the molecule is CCCCCc1cc(O[C@@H]2O[C@H](CO)[C@@H](O)[C@H](O[C@@H]3O[C@H](CO)[C@@H](O)[C@H](O)[C@H]3O)[C@H]2O[C@@H]2O[C@H](CO)[C@@H](O)[C@H](O)[C@H]2O)c2c(c1)OC(C)(C)[C@@H]1CCC=C[C@@H]21. The first-order valence-electron chi connectivity index (χ1n) is 19.3. The Morgan fingerprint density at radius 1 is 0.691 bits per heavy atom. The zero-order valence-corrected chi connectivity index (χ0v) is 31.3. The number of allylic oxidation sites excluding steroid dienone is 2. The van der Waals surface area contributed by atoms with Gasteiger partial charge in [-0.1, -0.05) is 31.9 Å². The molecule has 10 N–H and O–H groups in total. The summed E-state index contributed by atoms with van der Waals surface area (Å²) < 4.78 is 43.1. The van der Waals surface area contributed by atoms with Gasteiger partial charge in [-0.05, 0) is 57.2 Å². The van der Waals surface area contributed by atoms with E-state index in [4.69, 9.17) is 33.2 Å². The predicted molar refractivity (Wildman–Crippen MR) is 189 cm³/mol. The minimum absolute atomic E-state index is 0.0704. The Balaban J connectivity index is 1.42. The van der Waals surface area contributed by atoms with Crippen LogP contribution in [0, 0.1) is 5.92 Å². The van der Waals surface area contributed by atoms with E-state index in [1.165, 1.54) is 0 Å². The van der Waals surface area contributed by atoms with Crippen molar-refractivity contribution in [2.75, 3.05) is 19.8 Å². The van der Waals surface area contributed by atoms with E-state index in [0.29, 0.717) is 17.9 Å². The fourth-order valence-corrected chi connectivity index (χ4v) is 8.39. The molecule has 4 heterocycles. The maximum absolute atomic E-state index is 11.6. The van der Waals surface area contributed by atoms with E-state index in [-0.39, 0.29) is 11.8 Å². The number of benzene rings is 1. The summed E-state index contributed by atoms with van der Waals surface area (Å²) >= 11 is 0. The second kappa shape index (κ2) is 17.8. The topological polar surface area (TPSA) is 267 Å². The van der Waals surface area contributed by atoms with E-state index in [0.717, 1.165) is 43.2 Å². The highest BCUT2D eigenvalue weighted by Gasteiger charge is 2.55. The van der Waals surface area contributed by atoms with Gasteiger partial charge in [0.1, 0.15) is 84.2 Å². The number of ether oxygens (including phenoxy) is 7. The first kappa shape index (κ1) is 42.6. The molecule has 5 aliphatic rings. The zero-order chi connectivity index (χ0) is 39.8. The molecule has 0 unspecified atom stereocenters. The van der Waals surface area contributed by atoms with Gasteiger partial charge in [0, 0.05) is 17.4 Å². The summed E-state index contributed by atoms with van der Waals surface area (Å²) in [5.41, 5.74) is 1.12. The Labute approximate surface area is 319 Å². The van der Waals surface area contributed by atoms with Gasteiger partial charge in [-0.15, -0.1) is 0 Å². The van der Waals surface area contributed by atoms with Crippen molar-refractivity contribution < 1.29 is 84.2 Å². The molecular formula is C38H58O17. The van der Waals surface area contributed by atoms with Crippen molar-refractivity contribution in [2.24, 2.45) is 5.92 Å². The van der Waals surface area contributed by atoms with Gasteiger partial charge in [-0.2, -0.15) is 0 Å². The number of hydrogen-bond donors (Lipinski definition) is 10. The average Bonchev–Trinajstić information content (AvgIpc) is 3.16. The number of aliphatic hydroxyl groups excluding tert-OH is 10. The molecule has 55 heavy (non-hydrogen) atoms. The van der Waals surface area contributed by atoms with E-state index in [2.05, 4.69) is 32.9 Å². The summed E-state index contributed by atoms with van der Waals surface area (Å²) in [4.78, 5) is 0. The molecule has 6 rings (SSSR count). The van der Waals surface area contributed by atoms with Gasteiger partial charge in [0.2, 0.25) is 6.29 Å². The summed E-state index contributed by atoms with van der Waals surface area (Å²) in [5, 5.41) is 106. The van der Waals surface area contributed by atoms with Gasteiger partial charge < -0.3 is 84.2 Å². The Hall–Kier alpha value is -2.04. The molecule has 312 valence electrons. The lowest BCUT2D eigenvalue weighted by molar-refractivity contribution is -0.384. The normalized spacial score (nSPS) is 42.6. The van der Waals surface area contributed by atoms with Crippen LogP contribution >= 0.6 is 0 Å². The van der Waals surface area contributed by atoms with Gasteiger partial charge in [0.05, 0.1) is 19.8 Å². The Morgan fingerprint density at radius 2 is 1.25 bits per heavy atom. The second-order valence-corrected chi connectivity index (χ2v) is 15.7. The number of rotatable bonds is 13. The number of aliphatic hydroxyl groups is 10. The third kappa shape index (κ3) is 8.58. The van der Waals surface area contributed by atoms with Crippen LogP contribution < -0.4 is 9.47 Å². The lowest BCUT2D eigenvalue weighted by Gasteiger charge is -2.49. The van der Waals surface area contributed by atoms with Crippen molar-refractivity contribution >= 4 is 0 Å². The highest BCUT2D eigenvalue weighted by Crippen LogP contribution is 2.53. The van der Waals surface area contributed by atoms with Gasteiger partial charge in [0.25, 0.3) is 0 Å². The fraction of sp³-hybridized carbons (Fsp3) is 0.789. The van der Waals surface area contributed by atoms with Crippen LogP contribution in [0.5, 0.6) is 11.5 Å². The largest absolute Gasteiger partial charge is 0.487 e.